The molecular formula is C11H15NO2. The van der Waals surface area contributed by atoms with E-state index in [4.69, 9.17) is 11.2 Å². The van der Waals surface area contributed by atoms with E-state index >= 15 is 0 Å². The van der Waals surface area contributed by atoms with Gasteiger partial charge < -0.3 is 4.74 Å². The van der Waals surface area contributed by atoms with Crippen LogP contribution in [0.5, 0.6) is 0 Å². The maximum Gasteiger partial charge on any atom is 0.304 e. The van der Waals surface area contributed by atoms with Crippen molar-refractivity contribution in [3.05, 3.63) is 0 Å². The topological polar surface area (TPSA) is 29.5 Å². The van der Waals surface area contributed by atoms with Crippen molar-refractivity contribution in [3.63, 3.8) is 0 Å². The van der Waals surface area contributed by atoms with Gasteiger partial charge in [-0.25, -0.2) is 0 Å². The number of esters is 1. The third kappa shape index (κ3) is 1.40. The highest BCUT2D eigenvalue weighted by molar-refractivity contribution is 5.67. The Morgan fingerprint density at radius 3 is 2.57 bits per heavy atom. The average molecular weight is 193 g/mol. The molecule has 0 N–H and O–H groups in total. The SMILES string of the molecule is C#CC1(OC(C)=O)CN2CCC1CC2. The van der Waals surface area contributed by atoms with Crippen LogP contribution >= 0.6 is 0 Å². The third-order valence-corrected chi connectivity index (χ3v) is 3.28. The van der Waals surface area contributed by atoms with Crippen molar-refractivity contribution in [1.29, 1.82) is 0 Å². The molecule has 14 heavy (non-hydrogen) atoms. The van der Waals surface area contributed by atoms with E-state index in [0.29, 0.717) is 12.5 Å². The molecule has 76 valence electrons. The number of carbonyl (C=O) groups is 1. The van der Waals surface area contributed by atoms with E-state index in [-0.39, 0.29) is 5.97 Å². The predicted octanol–water partition coefficient (Wildman–Crippen LogP) is 0.647. The highest BCUT2D eigenvalue weighted by atomic mass is 16.6. The first-order chi connectivity index (χ1) is 6.66. The van der Waals surface area contributed by atoms with Gasteiger partial charge >= 0.3 is 5.97 Å². The van der Waals surface area contributed by atoms with Gasteiger partial charge in [0.1, 0.15) is 0 Å². The molecule has 0 saturated carbocycles. The van der Waals surface area contributed by atoms with Crippen molar-refractivity contribution in [3.8, 4) is 12.3 Å². The second-order valence-corrected chi connectivity index (χ2v) is 4.18. The molecule has 0 aromatic rings. The zero-order valence-corrected chi connectivity index (χ0v) is 8.45. The minimum absolute atomic E-state index is 0.267. The van der Waals surface area contributed by atoms with Crippen LogP contribution in [0.2, 0.25) is 0 Å². The van der Waals surface area contributed by atoms with Crippen LogP contribution < -0.4 is 0 Å². The van der Waals surface area contributed by atoms with Crippen LogP contribution in [0, 0.1) is 18.3 Å². The summed E-state index contributed by atoms with van der Waals surface area (Å²) in [5, 5.41) is 0. The molecule has 0 aromatic heterocycles. The Hall–Kier alpha value is -1.01. The van der Waals surface area contributed by atoms with Crippen LogP contribution in [0.15, 0.2) is 0 Å². The Morgan fingerprint density at radius 2 is 2.21 bits per heavy atom. The molecule has 1 unspecified atom stereocenters. The van der Waals surface area contributed by atoms with Crippen molar-refractivity contribution in [2.45, 2.75) is 25.4 Å². The molecule has 3 aliphatic heterocycles. The second kappa shape index (κ2) is 3.29. The number of fused-ring (bicyclic) bond motifs is 3. The van der Waals surface area contributed by atoms with Gasteiger partial charge in [0, 0.05) is 12.8 Å². The smallest absolute Gasteiger partial charge is 0.304 e. The molecule has 3 nitrogen and oxygen atoms in total. The summed E-state index contributed by atoms with van der Waals surface area (Å²) < 4.78 is 5.35. The molecule has 0 aromatic carbocycles. The van der Waals surface area contributed by atoms with Gasteiger partial charge in [-0.2, -0.15) is 0 Å². The quantitative estimate of drug-likeness (QED) is 0.452. The van der Waals surface area contributed by atoms with Gasteiger partial charge in [-0.15, -0.1) is 6.42 Å². The first-order valence-corrected chi connectivity index (χ1v) is 5.06. The lowest BCUT2D eigenvalue weighted by Crippen LogP contribution is -2.60. The highest BCUT2D eigenvalue weighted by Crippen LogP contribution is 2.37. The fourth-order valence-corrected chi connectivity index (χ4v) is 2.58. The monoisotopic (exact) mass is 193 g/mol. The summed E-state index contributed by atoms with van der Waals surface area (Å²) in [5.74, 6) is 2.79. The molecule has 2 bridgehead atoms. The van der Waals surface area contributed by atoms with Crippen LogP contribution in [0.4, 0.5) is 0 Å². The number of hydrogen-bond acceptors (Lipinski definition) is 3. The zero-order valence-electron chi connectivity index (χ0n) is 8.45. The number of hydrogen-bond donors (Lipinski definition) is 0. The number of nitrogens with zero attached hydrogens (tertiary/aromatic N) is 1. The number of ether oxygens (including phenoxy) is 1. The van der Waals surface area contributed by atoms with E-state index in [1.54, 1.807) is 0 Å². The van der Waals surface area contributed by atoms with Crippen molar-refractivity contribution >= 4 is 5.97 Å². The van der Waals surface area contributed by atoms with Gasteiger partial charge in [-0.1, -0.05) is 5.92 Å². The average Bonchev–Trinajstić information content (AvgIpc) is 2.18. The molecular weight excluding hydrogens is 178 g/mol. The third-order valence-electron chi connectivity index (χ3n) is 3.28. The summed E-state index contributed by atoms with van der Waals surface area (Å²) in [6.45, 7) is 4.33. The van der Waals surface area contributed by atoms with Crippen molar-refractivity contribution < 1.29 is 9.53 Å². The molecule has 3 fully saturated rings. The molecule has 0 spiro atoms. The molecule has 1 atom stereocenters. The number of rotatable bonds is 1. The first-order valence-electron chi connectivity index (χ1n) is 5.06. The zero-order chi connectivity index (χ0) is 10.2. The molecule has 3 heteroatoms. The Kier molecular flexibility index (Phi) is 2.24. The first kappa shape index (κ1) is 9.54. The van der Waals surface area contributed by atoms with Crippen LogP contribution in [0.25, 0.3) is 0 Å². The lowest BCUT2D eigenvalue weighted by molar-refractivity contribution is -0.167. The van der Waals surface area contributed by atoms with Crippen molar-refractivity contribution in [2.75, 3.05) is 19.6 Å². The maximum atomic E-state index is 11.0. The minimum Gasteiger partial charge on any atom is -0.444 e. The Labute approximate surface area is 84.4 Å². The Balaban J connectivity index is 2.20. The molecule has 0 amide bonds. The largest absolute Gasteiger partial charge is 0.444 e. The number of piperidine rings is 3. The van der Waals surface area contributed by atoms with E-state index in [2.05, 4.69) is 10.8 Å². The second-order valence-electron chi connectivity index (χ2n) is 4.18. The molecule has 3 aliphatic rings. The Bertz CT molecular complexity index is 286. The van der Waals surface area contributed by atoms with Gasteiger partial charge in [-0.3, -0.25) is 9.69 Å². The summed E-state index contributed by atoms with van der Waals surface area (Å²) in [6.07, 6.45) is 7.63. The van der Waals surface area contributed by atoms with Gasteiger partial charge in [0.25, 0.3) is 0 Å². The van der Waals surface area contributed by atoms with E-state index in [9.17, 15) is 4.79 Å². The van der Waals surface area contributed by atoms with Crippen LogP contribution in [-0.4, -0.2) is 36.1 Å². The minimum atomic E-state index is -0.637. The molecule has 3 rings (SSSR count). The lowest BCUT2D eigenvalue weighted by atomic mass is 9.75. The van der Waals surface area contributed by atoms with E-state index in [1.165, 1.54) is 6.92 Å². The fourth-order valence-electron chi connectivity index (χ4n) is 2.58. The van der Waals surface area contributed by atoms with Gasteiger partial charge in [-0.05, 0) is 25.9 Å². The van der Waals surface area contributed by atoms with Gasteiger partial charge in [0.2, 0.25) is 0 Å². The maximum absolute atomic E-state index is 11.0. The molecule has 0 aliphatic carbocycles. The van der Waals surface area contributed by atoms with E-state index < -0.39 is 5.60 Å². The van der Waals surface area contributed by atoms with Gasteiger partial charge in [0.15, 0.2) is 5.60 Å². The van der Waals surface area contributed by atoms with Crippen LogP contribution in [0.1, 0.15) is 19.8 Å². The number of terminal acetylenes is 1. The highest BCUT2D eigenvalue weighted by Gasteiger charge is 2.48. The Morgan fingerprint density at radius 1 is 1.57 bits per heavy atom. The van der Waals surface area contributed by atoms with Crippen LogP contribution in [0.3, 0.4) is 0 Å². The molecule has 0 radical (unpaired) electrons. The summed E-state index contributed by atoms with van der Waals surface area (Å²) in [7, 11) is 0. The predicted molar refractivity (Wildman–Crippen MR) is 52.5 cm³/mol. The summed E-state index contributed by atoms with van der Waals surface area (Å²) in [5.41, 5.74) is -0.637. The molecule has 3 heterocycles. The normalized spacial score (nSPS) is 40.3. The van der Waals surface area contributed by atoms with Crippen molar-refractivity contribution in [1.82, 2.24) is 4.90 Å². The van der Waals surface area contributed by atoms with Crippen LogP contribution in [-0.2, 0) is 9.53 Å². The molecule has 3 saturated heterocycles. The lowest BCUT2D eigenvalue weighted by Gasteiger charge is -2.49. The van der Waals surface area contributed by atoms with Crippen molar-refractivity contribution in [2.24, 2.45) is 5.92 Å². The number of carbonyl (C=O) groups excluding carboxylic acids is 1. The fraction of sp³-hybridized carbons (Fsp3) is 0.727. The standard InChI is InChI=1S/C11H15NO2/c1-3-11(14-9(2)13)8-12-6-4-10(11)5-7-12/h1,10H,4-8H2,2H3. The van der Waals surface area contributed by atoms with E-state index in [1.807, 2.05) is 0 Å². The van der Waals surface area contributed by atoms with Gasteiger partial charge in [0.05, 0.1) is 6.54 Å². The summed E-state index contributed by atoms with van der Waals surface area (Å²) in [4.78, 5) is 13.3. The van der Waals surface area contributed by atoms with E-state index in [0.717, 1.165) is 25.9 Å². The summed E-state index contributed by atoms with van der Waals surface area (Å²) >= 11 is 0. The summed E-state index contributed by atoms with van der Waals surface area (Å²) in [6, 6.07) is 0.